The fraction of sp³-hybridized carbons (Fsp3) is 0.438. The summed E-state index contributed by atoms with van der Waals surface area (Å²) in [6.45, 7) is 3.51. The molecule has 0 atom stereocenters. The van der Waals surface area contributed by atoms with E-state index in [2.05, 4.69) is 35.0 Å². The smallest absolute Gasteiger partial charge is 0.223 e. The summed E-state index contributed by atoms with van der Waals surface area (Å²) in [5.74, 6) is 0.296. The highest BCUT2D eigenvalue weighted by atomic mass is 32.1. The zero-order valence-corrected chi connectivity index (χ0v) is 12.4. The topological polar surface area (TPSA) is 32.3 Å². The number of fused-ring (bicyclic) bond motifs is 1. The number of thiophene rings is 1. The second kappa shape index (κ2) is 6.37. The van der Waals surface area contributed by atoms with Crippen LogP contribution in [0.4, 0.5) is 0 Å². The van der Waals surface area contributed by atoms with E-state index in [1.807, 2.05) is 4.90 Å². The van der Waals surface area contributed by atoms with Crippen LogP contribution in [0.2, 0.25) is 0 Å². The molecule has 1 aliphatic heterocycles. The number of hydrogen-bond acceptors (Lipinski definition) is 3. The van der Waals surface area contributed by atoms with Crippen LogP contribution < -0.4 is 5.32 Å². The van der Waals surface area contributed by atoms with Gasteiger partial charge in [-0.1, -0.05) is 18.2 Å². The summed E-state index contributed by atoms with van der Waals surface area (Å²) in [5, 5.41) is 6.93. The second-order valence-corrected chi connectivity index (χ2v) is 6.18. The minimum Gasteiger partial charge on any atom is -0.343 e. The number of carbonyl (C=O) groups excluding carboxylic acids is 1. The average molecular weight is 288 g/mol. The minimum absolute atomic E-state index is 0.296. The maximum Gasteiger partial charge on any atom is 0.223 e. The van der Waals surface area contributed by atoms with Crippen LogP contribution in [0.25, 0.3) is 10.1 Å². The van der Waals surface area contributed by atoms with Crippen LogP contribution in [-0.2, 0) is 11.3 Å². The van der Waals surface area contributed by atoms with Gasteiger partial charge in [-0.05, 0) is 35.2 Å². The molecule has 3 nitrogen and oxygen atoms in total. The van der Waals surface area contributed by atoms with Crippen LogP contribution in [0.1, 0.15) is 24.8 Å². The van der Waals surface area contributed by atoms with Gasteiger partial charge in [-0.15, -0.1) is 11.3 Å². The molecule has 1 fully saturated rings. The second-order valence-electron chi connectivity index (χ2n) is 5.27. The molecule has 0 radical (unpaired) electrons. The number of rotatable bonds is 5. The molecule has 4 heteroatoms. The average Bonchev–Trinajstić information content (AvgIpc) is 3.13. The molecule has 0 aliphatic carbocycles. The molecule has 106 valence electrons. The molecular weight excluding hydrogens is 268 g/mol. The number of benzene rings is 1. The molecule has 1 amide bonds. The molecule has 1 N–H and O–H groups in total. The number of hydrogen-bond donors (Lipinski definition) is 1. The Morgan fingerprint density at radius 2 is 2.05 bits per heavy atom. The van der Waals surface area contributed by atoms with Crippen LogP contribution in [0.3, 0.4) is 0 Å². The molecule has 3 rings (SSSR count). The Morgan fingerprint density at radius 1 is 1.25 bits per heavy atom. The van der Waals surface area contributed by atoms with E-state index in [-0.39, 0.29) is 0 Å². The highest BCUT2D eigenvalue weighted by Gasteiger charge is 2.16. The van der Waals surface area contributed by atoms with Gasteiger partial charge < -0.3 is 10.2 Å². The molecule has 0 bridgehead atoms. The summed E-state index contributed by atoms with van der Waals surface area (Å²) in [5.41, 5.74) is 1.33. The van der Waals surface area contributed by atoms with E-state index < -0.39 is 0 Å². The molecule has 0 unspecified atom stereocenters. The Morgan fingerprint density at radius 3 is 2.90 bits per heavy atom. The Hall–Kier alpha value is -1.39. The summed E-state index contributed by atoms with van der Waals surface area (Å²) < 4.78 is 1.33. The first-order valence-corrected chi connectivity index (χ1v) is 8.16. The zero-order chi connectivity index (χ0) is 13.8. The van der Waals surface area contributed by atoms with Crippen LogP contribution in [0.5, 0.6) is 0 Å². The Kier molecular flexibility index (Phi) is 4.33. The van der Waals surface area contributed by atoms with Crippen molar-refractivity contribution >= 4 is 27.3 Å². The van der Waals surface area contributed by atoms with Gasteiger partial charge in [0.05, 0.1) is 0 Å². The van der Waals surface area contributed by atoms with Gasteiger partial charge >= 0.3 is 0 Å². The van der Waals surface area contributed by atoms with Crippen LogP contribution >= 0.6 is 11.3 Å². The van der Waals surface area contributed by atoms with E-state index in [4.69, 9.17) is 0 Å². The van der Waals surface area contributed by atoms with Crippen molar-refractivity contribution in [3.05, 3.63) is 35.2 Å². The van der Waals surface area contributed by atoms with Gasteiger partial charge in [-0.2, -0.15) is 0 Å². The van der Waals surface area contributed by atoms with Gasteiger partial charge in [-0.25, -0.2) is 0 Å². The van der Waals surface area contributed by atoms with Gasteiger partial charge in [0.15, 0.2) is 0 Å². The lowest BCUT2D eigenvalue weighted by Gasteiger charge is -2.15. The summed E-state index contributed by atoms with van der Waals surface area (Å²) in [6.07, 6.45) is 2.95. The van der Waals surface area contributed by atoms with Gasteiger partial charge in [0.25, 0.3) is 0 Å². The molecule has 0 saturated carbocycles. The zero-order valence-electron chi connectivity index (χ0n) is 11.6. The quantitative estimate of drug-likeness (QED) is 0.858. The van der Waals surface area contributed by atoms with Crippen molar-refractivity contribution in [2.75, 3.05) is 19.6 Å². The third-order valence-electron chi connectivity index (χ3n) is 3.85. The molecule has 0 spiro atoms. The molecular formula is C16H20N2OS. The lowest BCUT2D eigenvalue weighted by atomic mass is 10.2. The summed E-state index contributed by atoms with van der Waals surface area (Å²) in [7, 11) is 0. The van der Waals surface area contributed by atoms with Crippen molar-refractivity contribution in [1.82, 2.24) is 10.2 Å². The first-order valence-electron chi connectivity index (χ1n) is 7.28. The molecule has 1 aliphatic rings. The van der Waals surface area contributed by atoms with Gasteiger partial charge in [0.2, 0.25) is 5.91 Å². The number of likely N-dealkylation sites (tertiary alicyclic amines) is 1. The van der Waals surface area contributed by atoms with Crippen molar-refractivity contribution in [2.45, 2.75) is 25.8 Å². The highest BCUT2D eigenvalue weighted by Crippen LogP contribution is 2.25. The van der Waals surface area contributed by atoms with E-state index >= 15 is 0 Å². The predicted octanol–water partition coefficient (Wildman–Crippen LogP) is 3.00. The Bertz CT molecular complexity index is 587. The van der Waals surface area contributed by atoms with Gasteiger partial charge in [-0.3, -0.25) is 4.79 Å². The summed E-state index contributed by atoms with van der Waals surface area (Å²) >= 11 is 1.78. The summed E-state index contributed by atoms with van der Waals surface area (Å²) in [4.78, 5) is 13.9. The largest absolute Gasteiger partial charge is 0.343 e. The van der Waals surface area contributed by atoms with E-state index in [0.29, 0.717) is 12.3 Å². The maximum absolute atomic E-state index is 11.9. The predicted molar refractivity (Wildman–Crippen MR) is 84.0 cm³/mol. The molecule has 20 heavy (non-hydrogen) atoms. The fourth-order valence-corrected chi connectivity index (χ4v) is 3.68. The van der Waals surface area contributed by atoms with E-state index in [1.54, 1.807) is 11.3 Å². The summed E-state index contributed by atoms with van der Waals surface area (Å²) in [6, 6.07) is 8.47. The van der Waals surface area contributed by atoms with Crippen molar-refractivity contribution < 1.29 is 4.79 Å². The third kappa shape index (κ3) is 3.02. The van der Waals surface area contributed by atoms with E-state index in [0.717, 1.165) is 26.2 Å². The number of amides is 1. The molecule has 2 aromatic rings. The van der Waals surface area contributed by atoms with Crippen LogP contribution in [-0.4, -0.2) is 30.4 Å². The number of nitrogens with zero attached hydrogens (tertiary/aromatic N) is 1. The third-order valence-corrected chi connectivity index (χ3v) is 4.86. The normalized spacial score (nSPS) is 15.1. The van der Waals surface area contributed by atoms with Gasteiger partial charge in [0.1, 0.15) is 0 Å². The minimum atomic E-state index is 0.296. The Balaban J connectivity index is 1.47. The maximum atomic E-state index is 11.9. The monoisotopic (exact) mass is 288 g/mol. The van der Waals surface area contributed by atoms with Crippen molar-refractivity contribution in [2.24, 2.45) is 0 Å². The number of nitrogens with one attached hydrogen (secondary N) is 1. The first-order chi connectivity index (χ1) is 9.84. The highest BCUT2D eigenvalue weighted by molar-refractivity contribution is 7.17. The van der Waals surface area contributed by atoms with Crippen molar-refractivity contribution in [1.29, 1.82) is 0 Å². The van der Waals surface area contributed by atoms with Crippen molar-refractivity contribution in [3.8, 4) is 0 Å². The molecule has 1 saturated heterocycles. The Labute approximate surface area is 123 Å². The van der Waals surface area contributed by atoms with Crippen LogP contribution in [0.15, 0.2) is 29.6 Å². The van der Waals surface area contributed by atoms with Gasteiger partial charge in [0, 0.05) is 37.3 Å². The fourth-order valence-electron chi connectivity index (χ4n) is 2.71. The lowest BCUT2D eigenvalue weighted by Crippen LogP contribution is -2.30. The van der Waals surface area contributed by atoms with Crippen molar-refractivity contribution in [3.63, 3.8) is 0 Å². The number of carbonyl (C=O) groups is 1. The standard InChI is InChI=1S/C16H20N2OS/c19-16(18-9-3-4-10-18)7-8-17-11-13-12-20-15-6-2-1-5-14(13)15/h1-2,5-6,12,17H,3-4,7-11H2. The van der Waals surface area contributed by atoms with E-state index in [9.17, 15) is 4.79 Å². The molecule has 1 aromatic heterocycles. The lowest BCUT2D eigenvalue weighted by molar-refractivity contribution is -0.130. The SMILES string of the molecule is O=C(CCNCc1csc2ccccc12)N1CCCC1. The molecule has 2 heterocycles. The van der Waals surface area contributed by atoms with E-state index in [1.165, 1.54) is 28.5 Å². The molecule has 1 aromatic carbocycles. The first kappa shape index (κ1) is 13.6. The van der Waals surface area contributed by atoms with Crippen LogP contribution in [0, 0.1) is 0 Å².